The molecule has 0 saturated heterocycles. The van der Waals surface area contributed by atoms with Gasteiger partial charge in [0.2, 0.25) is 0 Å². The standard InChI is InChI=1S/C14H17N3O2/c1-3-5-10-8-11-9-12(17(18)19)6-7-13(11)16-14(10)15-4-2/h6-9H,3-5H2,1-2H3,(H,15,16). The van der Waals surface area contributed by atoms with Gasteiger partial charge in [0, 0.05) is 24.1 Å². The first-order valence-corrected chi connectivity index (χ1v) is 6.47. The van der Waals surface area contributed by atoms with Crippen LogP contribution in [-0.2, 0) is 6.42 Å². The summed E-state index contributed by atoms with van der Waals surface area (Å²) < 4.78 is 0. The number of nitro benzene ring substituents is 1. The molecule has 0 bridgehead atoms. The molecule has 0 fully saturated rings. The van der Waals surface area contributed by atoms with E-state index in [9.17, 15) is 10.1 Å². The third kappa shape index (κ3) is 2.81. The Bertz CT molecular complexity index is 611. The molecule has 0 spiro atoms. The van der Waals surface area contributed by atoms with E-state index in [0.29, 0.717) is 0 Å². The summed E-state index contributed by atoms with van der Waals surface area (Å²) in [5.74, 6) is 0.880. The van der Waals surface area contributed by atoms with Gasteiger partial charge in [-0.1, -0.05) is 13.3 Å². The monoisotopic (exact) mass is 259 g/mol. The van der Waals surface area contributed by atoms with Crippen LogP contribution in [0.1, 0.15) is 25.8 Å². The van der Waals surface area contributed by atoms with Crippen molar-refractivity contribution in [2.75, 3.05) is 11.9 Å². The van der Waals surface area contributed by atoms with Gasteiger partial charge in [-0.15, -0.1) is 0 Å². The van der Waals surface area contributed by atoms with Crippen molar-refractivity contribution < 1.29 is 4.92 Å². The number of pyridine rings is 1. The third-order valence-corrected chi connectivity index (χ3v) is 2.95. The Hall–Kier alpha value is -2.17. The molecule has 0 aliphatic carbocycles. The lowest BCUT2D eigenvalue weighted by atomic mass is 10.1. The van der Waals surface area contributed by atoms with Gasteiger partial charge in [0.25, 0.3) is 5.69 Å². The predicted molar refractivity (Wildman–Crippen MR) is 76.6 cm³/mol. The van der Waals surface area contributed by atoms with Crippen LogP contribution in [0, 0.1) is 10.1 Å². The van der Waals surface area contributed by atoms with Gasteiger partial charge < -0.3 is 5.32 Å². The fourth-order valence-electron chi connectivity index (χ4n) is 2.10. The molecule has 5 nitrogen and oxygen atoms in total. The Morgan fingerprint density at radius 2 is 2.11 bits per heavy atom. The van der Waals surface area contributed by atoms with Gasteiger partial charge >= 0.3 is 0 Å². The molecule has 1 aromatic carbocycles. The van der Waals surface area contributed by atoms with Crippen LogP contribution < -0.4 is 5.32 Å². The SMILES string of the molecule is CCCc1cc2cc([N+](=O)[O-])ccc2nc1NCC. The highest BCUT2D eigenvalue weighted by molar-refractivity contribution is 5.83. The summed E-state index contributed by atoms with van der Waals surface area (Å²) in [6.07, 6.45) is 1.93. The lowest BCUT2D eigenvalue weighted by molar-refractivity contribution is -0.384. The molecular weight excluding hydrogens is 242 g/mol. The fourth-order valence-corrected chi connectivity index (χ4v) is 2.10. The molecule has 19 heavy (non-hydrogen) atoms. The molecule has 0 saturated carbocycles. The van der Waals surface area contributed by atoms with E-state index in [2.05, 4.69) is 17.2 Å². The molecule has 0 atom stereocenters. The zero-order chi connectivity index (χ0) is 13.8. The second kappa shape index (κ2) is 5.65. The average Bonchev–Trinajstić information content (AvgIpc) is 2.39. The molecule has 0 aliphatic rings. The van der Waals surface area contributed by atoms with E-state index in [1.807, 2.05) is 13.0 Å². The lowest BCUT2D eigenvalue weighted by Crippen LogP contribution is -2.04. The maximum absolute atomic E-state index is 10.8. The largest absolute Gasteiger partial charge is 0.370 e. The van der Waals surface area contributed by atoms with Crippen molar-refractivity contribution in [3.8, 4) is 0 Å². The molecule has 0 amide bonds. The van der Waals surface area contributed by atoms with Gasteiger partial charge in [0.05, 0.1) is 10.4 Å². The Morgan fingerprint density at radius 1 is 1.32 bits per heavy atom. The minimum atomic E-state index is -0.378. The number of nitrogens with one attached hydrogen (secondary N) is 1. The van der Waals surface area contributed by atoms with E-state index in [1.165, 1.54) is 6.07 Å². The van der Waals surface area contributed by atoms with E-state index in [4.69, 9.17) is 0 Å². The average molecular weight is 259 g/mol. The minimum Gasteiger partial charge on any atom is -0.370 e. The van der Waals surface area contributed by atoms with Crippen LogP contribution in [0.3, 0.4) is 0 Å². The zero-order valence-electron chi connectivity index (χ0n) is 11.1. The van der Waals surface area contributed by atoms with Gasteiger partial charge in [-0.25, -0.2) is 4.98 Å². The van der Waals surface area contributed by atoms with Crippen LogP contribution in [0.25, 0.3) is 10.9 Å². The predicted octanol–water partition coefficient (Wildman–Crippen LogP) is 3.53. The van der Waals surface area contributed by atoms with Gasteiger partial charge in [0.15, 0.2) is 0 Å². The fraction of sp³-hybridized carbons (Fsp3) is 0.357. The number of fused-ring (bicyclic) bond motifs is 1. The Labute approximate surface area is 111 Å². The van der Waals surface area contributed by atoms with Crippen molar-refractivity contribution in [3.05, 3.63) is 39.9 Å². The van der Waals surface area contributed by atoms with Gasteiger partial charge in [0.1, 0.15) is 5.82 Å². The first-order chi connectivity index (χ1) is 9.15. The Kier molecular flexibility index (Phi) is 3.94. The molecular formula is C14H17N3O2. The number of rotatable bonds is 5. The number of aryl methyl sites for hydroxylation is 1. The van der Waals surface area contributed by atoms with Crippen molar-refractivity contribution in [1.29, 1.82) is 0 Å². The van der Waals surface area contributed by atoms with Crippen LogP contribution in [0.5, 0.6) is 0 Å². The van der Waals surface area contributed by atoms with E-state index < -0.39 is 0 Å². The van der Waals surface area contributed by atoms with E-state index in [1.54, 1.807) is 12.1 Å². The molecule has 1 heterocycles. The number of nitrogens with zero attached hydrogens (tertiary/aromatic N) is 2. The maximum atomic E-state index is 10.8. The van der Waals surface area contributed by atoms with E-state index in [-0.39, 0.29) is 10.6 Å². The molecule has 0 radical (unpaired) electrons. The molecule has 1 N–H and O–H groups in total. The molecule has 2 aromatic rings. The summed E-state index contributed by atoms with van der Waals surface area (Å²) in [5, 5.41) is 14.9. The van der Waals surface area contributed by atoms with Crippen LogP contribution in [0.2, 0.25) is 0 Å². The third-order valence-electron chi connectivity index (χ3n) is 2.95. The van der Waals surface area contributed by atoms with Crippen molar-refractivity contribution in [2.45, 2.75) is 26.7 Å². The molecule has 1 aromatic heterocycles. The topological polar surface area (TPSA) is 68.1 Å². The zero-order valence-corrected chi connectivity index (χ0v) is 11.1. The number of hydrogen-bond acceptors (Lipinski definition) is 4. The summed E-state index contributed by atoms with van der Waals surface area (Å²) in [5.41, 5.74) is 1.99. The van der Waals surface area contributed by atoms with Crippen LogP contribution in [0.4, 0.5) is 11.5 Å². The summed E-state index contributed by atoms with van der Waals surface area (Å²) in [7, 11) is 0. The molecule has 0 aliphatic heterocycles. The van der Waals surface area contributed by atoms with Gasteiger partial charge in [-0.05, 0) is 31.0 Å². The molecule has 5 heteroatoms. The number of aromatic nitrogens is 1. The number of non-ortho nitro benzene ring substituents is 1. The van der Waals surface area contributed by atoms with Crippen LogP contribution in [0.15, 0.2) is 24.3 Å². The maximum Gasteiger partial charge on any atom is 0.270 e. The summed E-state index contributed by atoms with van der Waals surface area (Å²) in [6, 6.07) is 6.77. The van der Waals surface area contributed by atoms with E-state index in [0.717, 1.165) is 41.7 Å². The molecule has 100 valence electrons. The highest BCUT2D eigenvalue weighted by Crippen LogP contribution is 2.25. The van der Waals surface area contributed by atoms with Crippen molar-refractivity contribution in [2.24, 2.45) is 0 Å². The molecule has 0 unspecified atom stereocenters. The number of hydrogen-bond donors (Lipinski definition) is 1. The number of nitro groups is 1. The Balaban J connectivity index is 2.56. The first-order valence-electron chi connectivity index (χ1n) is 6.47. The minimum absolute atomic E-state index is 0.105. The van der Waals surface area contributed by atoms with Crippen LogP contribution >= 0.6 is 0 Å². The van der Waals surface area contributed by atoms with Gasteiger partial charge in [-0.2, -0.15) is 0 Å². The van der Waals surface area contributed by atoms with Crippen molar-refractivity contribution in [3.63, 3.8) is 0 Å². The number of benzene rings is 1. The Morgan fingerprint density at radius 3 is 2.74 bits per heavy atom. The smallest absolute Gasteiger partial charge is 0.270 e. The van der Waals surface area contributed by atoms with E-state index >= 15 is 0 Å². The highest BCUT2D eigenvalue weighted by atomic mass is 16.6. The second-order valence-corrected chi connectivity index (χ2v) is 4.41. The van der Waals surface area contributed by atoms with Crippen molar-refractivity contribution in [1.82, 2.24) is 4.98 Å². The van der Waals surface area contributed by atoms with Gasteiger partial charge in [-0.3, -0.25) is 10.1 Å². The quantitative estimate of drug-likeness (QED) is 0.658. The summed E-state index contributed by atoms with van der Waals surface area (Å²) in [6.45, 7) is 4.94. The highest BCUT2D eigenvalue weighted by Gasteiger charge is 2.10. The summed E-state index contributed by atoms with van der Waals surface area (Å²) in [4.78, 5) is 15.0. The summed E-state index contributed by atoms with van der Waals surface area (Å²) >= 11 is 0. The lowest BCUT2D eigenvalue weighted by Gasteiger charge is -2.10. The first kappa shape index (κ1) is 13.3. The van der Waals surface area contributed by atoms with Crippen LogP contribution in [-0.4, -0.2) is 16.5 Å². The normalized spacial score (nSPS) is 10.6. The second-order valence-electron chi connectivity index (χ2n) is 4.41. The molecule has 2 rings (SSSR count). The van der Waals surface area contributed by atoms with Crippen molar-refractivity contribution >= 4 is 22.4 Å². The number of anilines is 1.